The molecule has 0 saturated carbocycles. The monoisotopic (exact) mass is 302 g/mol. The Hall–Kier alpha value is -2.00. The van der Waals surface area contributed by atoms with Gasteiger partial charge in [0, 0.05) is 17.1 Å². The zero-order valence-corrected chi connectivity index (χ0v) is 12.7. The first kappa shape index (κ1) is 15.4. The van der Waals surface area contributed by atoms with Gasteiger partial charge in [-0.25, -0.2) is 0 Å². The number of nitrogens with two attached hydrogens (primary N) is 1. The minimum absolute atomic E-state index is 0.0184. The highest BCUT2D eigenvalue weighted by atomic mass is 35.5. The topological polar surface area (TPSA) is 55.1 Å². The summed E-state index contributed by atoms with van der Waals surface area (Å²) in [5.74, 6) is 0.0184. The molecular weight excluding hydrogens is 284 g/mol. The number of hydrogen-bond donors (Lipinski definition) is 2. The van der Waals surface area contributed by atoms with Crippen molar-refractivity contribution in [3.8, 4) is 0 Å². The molecule has 3 nitrogen and oxygen atoms in total. The lowest BCUT2D eigenvalue weighted by Gasteiger charge is -2.14. The maximum atomic E-state index is 12.0. The van der Waals surface area contributed by atoms with Gasteiger partial charge in [0.05, 0.1) is 6.04 Å². The van der Waals surface area contributed by atoms with Gasteiger partial charge in [-0.15, -0.1) is 0 Å². The SMILES string of the molecule is C[C@H](NC(=O)CCc1cccc(N)c1)c1cccc(Cl)c1. The van der Waals surface area contributed by atoms with Crippen LogP contribution in [0.1, 0.15) is 30.5 Å². The Morgan fingerprint density at radius 2 is 2.00 bits per heavy atom. The number of rotatable bonds is 5. The van der Waals surface area contributed by atoms with Crippen LogP contribution in [0.15, 0.2) is 48.5 Å². The van der Waals surface area contributed by atoms with Crippen molar-refractivity contribution in [1.82, 2.24) is 5.32 Å². The zero-order valence-electron chi connectivity index (χ0n) is 12.0. The molecule has 0 bridgehead atoms. The summed E-state index contributed by atoms with van der Waals surface area (Å²) in [7, 11) is 0. The summed E-state index contributed by atoms with van der Waals surface area (Å²) in [5.41, 5.74) is 8.52. The van der Waals surface area contributed by atoms with Crippen LogP contribution in [0.25, 0.3) is 0 Å². The van der Waals surface area contributed by atoms with Crippen molar-refractivity contribution in [3.63, 3.8) is 0 Å². The number of nitrogen functional groups attached to an aromatic ring is 1. The molecule has 0 radical (unpaired) electrons. The molecule has 2 aromatic rings. The van der Waals surface area contributed by atoms with Crippen LogP contribution in [0.5, 0.6) is 0 Å². The van der Waals surface area contributed by atoms with E-state index in [9.17, 15) is 4.79 Å². The third kappa shape index (κ3) is 4.80. The number of aryl methyl sites for hydroxylation is 1. The highest BCUT2D eigenvalue weighted by molar-refractivity contribution is 6.30. The Morgan fingerprint density at radius 3 is 2.71 bits per heavy atom. The average molecular weight is 303 g/mol. The van der Waals surface area contributed by atoms with Crippen molar-refractivity contribution in [2.75, 3.05) is 5.73 Å². The molecule has 3 N–H and O–H groups in total. The summed E-state index contributed by atoms with van der Waals surface area (Å²) in [6.07, 6.45) is 1.12. The van der Waals surface area contributed by atoms with E-state index in [2.05, 4.69) is 5.32 Å². The maximum Gasteiger partial charge on any atom is 0.220 e. The van der Waals surface area contributed by atoms with E-state index in [0.717, 1.165) is 16.8 Å². The smallest absolute Gasteiger partial charge is 0.220 e. The van der Waals surface area contributed by atoms with E-state index in [1.54, 1.807) is 0 Å². The second kappa shape index (κ2) is 7.14. The van der Waals surface area contributed by atoms with Crippen LogP contribution in [0.4, 0.5) is 5.69 Å². The Balaban J connectivity index is 1.87. The van der Waals surface area contributed by atoms with Crippen molar-refractivity contribution in [2.24, 2.45) is 0 Å². The third-order valence-electron chi connectivity index (χ3n) is 3.32. The Morgan fingerprint density at radius 1 is 1.24 bits per heavy atom. The second-order valence-electron chi connectivity index (χ2n) is 5.09. The van der Waals surface area contributed by atoms with Crippen molar-refractivity contribution < 1.29 is 4.79 Å². The number of amides is 1. The molecule has 110 valence electrons. The van der Waals surface area contributed by atoms with Crippen molar-refractivity contribution in [1.29, 1.82) is 0 Å². The predicted octanol–water partition coefficient (Wildman–Crippen LogP) is 3.73. The van der Waals surface area contributed by atoms with Crippen molar-refractivity contribution in [3.05, 3.63) is 64.7 Å². The number of nitrogens with one attached hydrogen (secondary N) is 1. The number of benzene rings is 2. The summed E-state index contributed by atoms with van der Waals surface area (Å²) >= 11 is 5.96. The van der Waals surface area contributed by atoms with Crippen LogP contribution in [0.3, 0.4) is 0 Å². The van der Waals surface area contributed by atoms with E-state index in [-0.39, 0.29) is 11.9 Å². The van der Waals surface area contributed by atoms with E-state index in [0.29, 0.717) is 17.9 Å². The predicted molar refractivity (Wildman–Crippen MR) is 87.2 cm³/mol. The Kier molecular flexibility index (Phi) is 5.23. The van der Waals surface area contributed by atoms with Gasteiger partial charge >= 0.3 is 0 Å². The van der Waals surface area contributed by atoms with Crippen LogP contribution >= 0.6 is 11.6 Å². The van der Waals surface area contributed by atoms with E-state index in [1.807, 2.05) is 55.5 Å². The van der Waals surface area contributed by atoms with Gasteiger partial charge in [0.15, 0.2) is 0 Å². The molecule has 1 amide bonds. The summed E-state index contributed by atoms with van der Waals surface area (Å²) in [5, 5.41) is 3.65. The van der Waals surface area contributed by atoms with Crippen LogP contribution in [0, 0.1) is 0 Å². The van der Waals surface area contributed by atoms with E-state index in [4.69, 9.17) is 17.3 Å². The molecule has 0 aromatic heterocycles. The van der Waals surface area contributed by atoms with Gasteiger partial charge in [0.25, 0.3) is 0 Å². The average Bonchev–Trinajstić information content (AvgIpc) is 2.45. The maximum absolute atomic E-state index is 12.0. The first-order valence-electron chi connectivity index (χ1n) is 6.94. The zero-order chi connectivity index (χ0) is 15.2. The van der Waals surface area contributed by atoms with Crippen molar-refractivity contribution >= 4 is 23.2 Å². The summed E-state index contributed by atoms with van der Waals surface area (Å²) in [6.45, 7) is 1.95. The molecule has 0 heterocycles. The molecule has 0 aliphatic heterocycles. The van der Waals surface area contributed by atoms with E-state index in [1.165, 1.54) is 0 Å². The molecule has 1 atom stereocenters. The molecule has 0 unspecified atom stereocenters. The van der Waals surface area contributed by atoms with Gasteiger partial charge < -0.3 is 11.1 Å². The van der Waals surface area contributed by atoms with Crippen LogP contribution < -0.4 is 11.1 Å². The molecular formula is C17H19ClN2O. The molecule has 0 aliphatic rings. The highest BCUT2D eigenvalue weighted by Gasteiger charge is 2.10. The lowest BCUT2D eigenvalue weighted by molar-refractivity contribution is -0.121. The second-order valence-corrected chi connectivity index (χ2v) is 5.53. The number of anilines is 1. The summed E-state index contributed by atoms with van der Waals surface area (Å²) in [6, 6.07) is 15.1. The largest absolute Gasteiger partial charge is 0.399 e. The van der Waals surface area contributed by atoms with Crippen molar-refractivity contribution in [2.45, 2.75) is 25.8 Å². The molecule has 4 heteroatoms. The van der Waals surface area contributed by atoms with E-state index >= 15 is 0 Å². The van der Waals surface area contributed by atoms with E-state index < -0.39 is 0 Å². The lowest BCUT2D eigenvalue weighted by atomic mass is 10.1. The fourth-order valence-corrected chi connectivity index (χ4v) is 2.38. The molecule has 2 rings (SSSR count). The van der Waals surface area contributed by atoms with Crippen LogP contribution in [-0.2, 0) is 11.2 Å². The van der Waals surface area contributed by atoms with Gasteiger partial charge in [-0.1, -0.05) is 35.9 Å². The molecule has 21 heavy (non-hydrogen) atoms. The number of carbonyl (C=O) groups excluding carboxylic acids is 1. The summed E-state index contributed by atoms with van der Waals surface area (Å²) < 4.78 is 0. The first-order valence-corrected chi connectivity index (χ1v) is 7.31. The Labute approximate surface area is 130 Å². The number of hydrogen-bond acceptors (Lipinski definition) is 2. The lowest BCUT2D eigenvalue weighted by Crippen LogP contribution is -2.26. The molecule has 0 aliphatic carbocycles. The number of carbonyl (C=O) groups is 1. The van der Waals surface area contributed by atoms with Gasteiger partial charge in [0.2, 0.25) is 5.91 Å². The fourth-order valence-electron chi connectivity index (χ4n) is 2.18. The van der Waals surface area contributed by atoms with Gasteiger partial charge in [-0.05, 0) is 48.7 Å². The molecule has 2 aromatic carbocycles. The minimum Gasteiger partial charge on any atom is -0.399 e. The fraction of sp³-hybridized carbons (Fsp3) is 0.235. The molecule has 0 spiro atoms. The third-order valence-corrected chi connectivity index (χ3v) is 3.55. The summed E-state index contributed by atoms with van der Waals surface area (Å²) in [4.78, 5) is 12.0. The first-order chi connectivity index (χ1) is 10.0. The van der Waals surface area contributed by atoms with Crippen LogP contribution in [0.2, 0.25) is 5.02 Å². The van der Waals surface area contributed by atoms with Gasteiger partial charge in [0.1, 0.15) is 0 Å². The normalized spacial score (nSPS) is 11.9. The minimum atomic E-state index is -0.0583. The quantitative estimate of drug-likeness (QED) is 0.827. The Bertz CT molecular complexity index is 628. The molecule has 0 saturated heterocycles. The highest BCUT2D eigenvalue weighted by Crippen LogP contribution is 2.17. The molecule has 0 fully saturated rings. The van der Waals surface area contributed by atoms with Crippen LogP contribution in [-0.4, -0.2) is 5.91 Å². The number of halogens is 1. The van der Waals surface area contributed by atoms with Gasteiger partial charge in [-0.2, -0.15) is 0 Å². The van der Waals surface area contributed by atoms with Gasteiger partial charge in [-0.3, -0.25) is 4.79 Å². The standard InChI is InChI=1S/C17H19ClN2O/c1-12(14-5-3-6-15(18)11-14)20-17(21)9-8-13-4-2-7-16(19)10-13/h2-7,10-12H,8-9,19H2,1H3,(H,20,21)/t12-/m0/s1.